The van der Waals surface area contributed by atoms with Gasteiger partial charge in [0.05, 0.1) is 6.61 Å². The van der Waals surface area contributed by atoms with Gasteiger partial charge in [-0.25, -0.2) is 0 Å². The lowest BCUT2D eigenvalue weighted by atomic mass is 9.99. The van der Waals surface area contributed by atoms with Gasteiger partial charge in [0.25, 0.3) is 0 Å². The molecule has 1 saturated heterocycles. The molecule has 2 atom stereocenters. The predicted octanol–water partition coefficient (Wildman–Crippen LogP) is 3.04. The molecule has 2 N–H and O–H groups in total. The van der Waals surface area contributed by atoms with Gasteiger partial charge in [0.2, 0.25) is 0 Å². The summed E-state index contributed by atoms with van der Waals surface area (Å²) in [5, 5.41) is 7.13. The average molecular weight is 292 g/mol. The van der Waals surface area contributed by atoms with E-state index in [1.165, 1.54) is 19.3 Å². The minimum atomic E-state index is 0.580. The van der Waals surface area contributed by atoms with Crippen LogP contribution in [0, 0.1) is 0 Å². The summed E-state index contributed by atoms with van der Waals surface area (Å²) in [6.45, 7) is 7.21. The largest absolute Gasteiger partial charge is 0.491 e. The van der Waals surface area contributed by atoms with E-state index < -0.39 is 0 Å². The topological polar surface area (TPSA) is 42.5 Å². The second-order valence-electron chi connectivity index (χ2n) is 5.65. The van der Waals surface area contributed by atoms with E-state index in [1.54, 1.807) is 0 Å². The molecule has 118 valence electrons. The van der Waals surface area contributed by atoms with E-state index in [2.05, 4.69) is 29.7 Å². The van der Waals surface area contributed by atoms with Gasteiger partial charge in [-0.05, 0) is 51.0 Å². The molecule has 0 aliphatic carbocycles. The first-order chi connectivity index (χ1) is 10.3. The Morgan fingerprint density at radius 1 is 1.19 bits per heavy atom. The molecule has 0 radical (unpaired) electrons. The van der Waals surface area contributed by atoms with Gasteiger partial charge < -0.3 is 20.1 Å². The molecule has 1 aliphatic rings. The summed E-state index contributed by atoms with van der Waals surface area (Å²) in [7, 11) is 0. The molecule has 0 aromatic heterocycles. The summed E-state index contributed by atoms with van der Waals surface area (Å²) in [5.41, 5.74) is 1.15. The molecule has 0 spiro atoms. The maximum atomic E-state index is 5.61. The second kappa shape index (κ2) is 8.90. The number of ether oxygens (including phenoxy) is 2. The van der Waals surface area contributed by atoms with Crippen LogP contribution in [-0.2, 0) is 4.74 Å². The maximum Gasteiger partial charge on any atom is 0.119 e. The summed E-state index contributed by atoms with van der Waals surface area (Å²) < 4.78 is 10.9. The molecule has 1 aromatic carbocycles. The normalized spacial score (nSPS) is 22.0. The van der Waals surface area contributed by atoms with Gasteiger partial charge in [-0.1, -0.05) is 6.42 Å². The van der Waals surface area contributed by atoms with Gasteiger partial charge in [0.15, 0.2) is 0 Å². The van der Waals surface area contributed by atoms with Gasteiger partial charge >= 0.3 is 0 Å². The fourth-order valence-corrected chi connectivity index (χ4v) is 2.67. The first-order valence-corrected chi connectivity index (χ1v) is 8.08. The predicted molar refractivity (Wildman–Crippen MR) is 87.2 cm³/mol. The Hall–Kier alpha value is -1.26. The van der Waals surface area contributed by atoms with E-state index in [4.69, 9.17) is 9.47 Å². The van der Waals surface area contributed by atoms with E-state index in [0.717, 1.165) is 24.6 Å². The van der Waals surface area contributed by atoms with Crippen molar-refractivity contribution in [1.29, 1.82) is 0 Å². The van der Waals surface area contributed by atoms with Crippen LogP contribution < -0.4 is 15.4 Å². The minimum absolute atomic E-state index is 0.580. The van der Waals surface area contributed by atoms with Crippen molar-refractivity contribution >= 4 is 5.69 Å². The molecular formula is C17H28N2O2. The highest BCUT2D eigenvalue weighted by Gasteiger charge is 2.16. The fraction of sp³-hybridized carbons (Fsp3) is 0.647. The molecular weight excluding hydrogens is 264 g/mol. The molecule has 2 unspecified atom stereocenters. The molecule has 1 fully saturated rings. The summed E-state index contributed by atoms with van der Waals surface area (Å²) in [6.07, 6.45) is 3.88. The van der Waals surface area contributed by atoms with E-state index >= 15 is 0 Å². The Morgan fingerprint density at radius 2 is 2.00 bits per heavy atom. The standard InChI is InChI=1S/C17H28N2O2/c1-3-20-11-12-21-17-9-7-15(8-10-17)18-13-16-6-4-5-14(2)19-16/h7-10,14,16,18-19H,3-6,11-13H2,1-2H3. The van der Waals surface area contributed by atoms with Crippen LogP contribution in [0.3, 0.4) is 0 Å². The molecule has 4 nitrogen and oxygen atoms in total. The van der Waals surface area contributed by atoms with Crippen LogP contribution >= 0.6 is 0 Å². The van der Waals surface area contributed by atoms with Crippen LogP contribution in [0.1, 0.15) is 33.1 Å². The van der Waals surface area contributed by atoms with Crippen LogP contribution in [0.25, 0.3) is 0 Å². The van der Waals surface area contributed by atoms with E-state index in [-0.39, 0.29) is 0 Å². The van der Waals surface area contributed by atoms with E-state index in [9.17, 15) is 0 Å². The van der Waals surface area contributed by atoms with Crippen molar-refractivity contribution in [2.75, 3.05) is 31.7 Å². The lowest BCUT2D eigenvalue weighted by molar-refractivity contribution is 0.110. The molecule has 0 amide bonds. The lowest BCUT2D eigenvalue weighted by Crippen LogP contribution is -2.44. The summed E-state index contributed by atoms with van der Waals surface area (Å²) in [6, 6.07) is 9.38. The zero-order valence-corrected chi connectivity index (χ0v) is 13.2. The fourth-order valence-electron chi connectivity index (χ4n) is 2.67. The number of piperidine rings is 1. The summed E-state index contributed by atoms with van der Waals surface area (Å²) >= 11 is 0. The third kappa shape index (κ3) is 5.94. The van der Waals surface area contributed by atoms with Crippen molar-refractivity contribution in [3.63, 3.8) is 0 Å². The molecule has 1 aromatic rings. The van der Waals surface area contributed by atoms with Crippen LogP contribution in [0.15, 0.2) is 24.3 Å². The first kappa shape index (κ1) is 16.1. The Labute approximate surface area is 128 Å². The van der Waals surface area contributed by atoms with Gasteiger partial charge in [-0.2, -0.15) is 0 Å². The van der Waals surface area contributed by atoms with Crippen LogP contribution in [0.5, 0.6) is 5.75 Å². The number of hydrogen-bond acceptors (Lipinski definition) is 4. The molecule has 21 heavy (non-hydrogen) atoms. The first-order valence-electron chi connectivity index (χ1n) is 8.08. The molecule has 2 rings (SSSR count). The zero-order valence-electron chi connectivity index (χ0n) is 13.2. The Balaban J connectivity index is 1.69. The molecule has 0 saturated carbocycles. The third-order valence-electron chi connectivity index (χ3n) is 3.82. The Kier molecular flexibility index (Phi) is 6.83. The molecule has 0 bridgehead atoms. The Bertz CT molecular complexity index is 394. The van der Waals surface area contributed by atoms with Crippen LogP contribution in [-0.4, -0.2) is 38.4 Å². The minimum Gasteiger partial charge on any atom is -0.491 e. The number of rotatable bonds is 8. The van der Waals surface area contributed by atoms with Gasteiger partial charge in [-0.15, -0.1) is 0 Å². The molecule has 1 aliphatic heterocycles. The SMILES string of the molecule is CCOCCOc1ccc(NCC2CCCC(C)N2)cc1. The average Bonchev–Trinajstić information content (AvgIpc) is 2.51. The highest BCUT2D eigenvalue weighted by atomic mass is 16.5. The number of benzene rings is 1. The van der Waals surface area contributed by atoms with Crippen molar-refractivity contribution in [2.45, 2.75) is 45.2 Å². The van der Waals surface area contributed by atoms with Gasteiger partial charge in [0, 0.05) is 30.9 Å². The monoisotopic (exact) mass is 292 g/mol. The smallest absolute Gasteiger partial charge is 0.119 e. The summed E-state index contributed by atoms with van der Waals surface area (Å²) in [5.74, 6) is 0.893. The maximum absolute atomic E-state index is 5.61. The highest BCUT2D eigenvalue weighted by Crippen LogP contribution is 2.17. The van der Waals surface area contributed by atoms with Crippen LogP contribution in [0.2, 0.25) is 0 Å². The van der Waals surface area contributed by atoms with Gasteiger partial charge in [0.1, 0.15) is 12.4 Å². The number of nitrogens with one attached hydrogen (secondary N) is 2. The molecule has 1 heterocycles. The van der Waals surface area contributed by atoms with Crippen molar-refractivity contribution in [3.8, 4) is 5.75 Å². The second-order valence-corrected chi connectivity index (χ2v) is 5.65. The zero-order chi connectivity index (χ0) is 14.9. The Morgan fingerprint density at radius 3 is 2.71 bits per heavy atom. The van der Waals surface area contributed by atoms with E-state index in [1.807, 2.05) is 19.1 Å². The van der Waals surface area contributed by atoms with Gasteiger partial charge in [-0.3, -0.25) is 0 Å². The van der Waals surface area contributed by atoms with Crippen molar-refractivity contribution in [2.24, 2.45) is 0 Å². The summed E-state index contributed by atoms with van der Waals surface area (Å²) in [4.78, 5) is 0. The van der Waals surface area contributed by atoms with Crippen molar-refractivity contribution in [1.82, 2.24) is 5.32 Å². The van der Waals surface area contributed by atoms with Crippen LogP contribution in [0.4, 0.5) is 5.69 Å². The number of hydrogen-bond donors (Lipinski definition) is 2. The third-order valence-corrected chi connectivity index (χ3v) is 3.82. The number of anilines is 1. The lowest BCUT2D eigenvalue weighted by Gasteiger charge is -2.29. The van der Waals surface area contributed by atoms with Crippen molar-refractivity contribution < 1.29 is 9.47 Å². The highest BCUT2D eigenvalue weighted by molar-refractivity contribution is 5.46. The molecule has 4 heteroatoms. The van der Waals surface area contributed by atoms with E-state index in [0.29, 0.717) is 25.3 Å². The quantitative estimate of drug-likeness (QED) is 0.723. The van der Waals surface area contributed by atoms with Crippen molar-refractivity contribution in [3.05, 3.63) is 24.3 Å².